The molecule has 0 spiro atoms. The van der Waals surface area contributed by atoms with Crippen LogP contribution in [0.2, 0.25) is 0 Å². The molecule has 2 aromatic carbocycles. The maximum absolute atomic E-state index is 14.0. The number of thioether (sulfide) groups is 1. The van der Waals surface area contributed by atoms with Gasteiger partial charge < -0.3 is 14.6 Å². The summed E-state index contributed by atoms with van der Waals surface area (Å²) >= 11 is 1.39. The van der Waals surface area contributed by atoms with Crippen LogP contribution >= 0.6 is 11.8 Å². The van der Waals surface area contributed by atoms with Gasteiger partial charge in [-0.05, 0) is 38.1 Å². The minimum absolute atomic E-state index is 0.0742. The second-order valence-corrected chi connectivity index (χ2v) is 8.00. The molecule has 1 aliphatic rings. The molecule has 1 fully saturated rings. The van der Waals surface area contributed by atoms with E-state index in [1.807, 2.05) is 42.3 Å². The second kappa shape index (κ2) is 8.37. The first-order chi connectivity index (χ1) is 13.7. The lowest BCUT2D eigenvalue weighted by Crippen LogP contribution is -2.44. The average Bonchev–Trinajstić information content (AvgIpc) is 3.11. The van der Waals surface area contributed by atoms with Crippen LogP contribution in [0.5, 0.6) is 0 Å². The fraction of sp³-hybridized carbons (Fsp3) is 0.318. The van der Waals surface area contributed by atoms with Crippen LogP contribution in [0.3, 0.4) is 0 Å². The number of likely N-dealkylation sites (tertiary alicyclic amines) is 1. The Hall–Kier alpha value is -2.31. The number of halogens is 1. The standard InChI is InChI=1S/C22H23FN2O2S/c1-24-15-10-12-25(13-11-15)22(26)21-17(16-6-2-4-8-19(16)27-21)14-28-20-9-5-3-7-18(20)23/h2-9,15,24H,10-14H2,1H3. The monoisotopic (exact) mass is 398 g/mol. The number of para-hydroxylation sites is 1. The lowest BCUT2D eigenvalue weighted by molar-refractivity contribution is 0.0676. The number of carbonyl (C=O) groups is 1. The Balaban J connectivity index is 1.62. The van der Waals surface area contributed by atoms with Gasteiger partial charge in [0.2, 0.25) is 0 Å². The predicted octanol–water partition coefficient (Wildman–Crippen LogP) is 4.69. The summed E-state index contributed by atoms with van der Waals surface area (Å²) in [5.41, 5.74) is 1.53. The molecule has 1 N–H and O–H groups in total. The molecule has 0 atom stereocenters. The van der Waals surface area contributed by atoms with Crippen molar-refractivity contribution in [2.45, 2.75) is 29.5 Å². The van der Waals surface area contributed by atoms with Crippen molar-refractivity contribution in [3.05, 3.63) is 65.7 Å². The van der Waals surface area contributed by atoms with Crippen molar-refractivity contribution in [3.8, 4) is 0 Å². The normalized spacial score (nSPS) is 15.3. The molecule has 1 aromatic heterocycles. The highest BCUT2D eigenvalue weighted by molar-refractivity contribution is 7.98. The van der Waals surface area contributed by atoms with Crippen LogP contribution in [-0.2, 0) is 5.75 Å². The summed E-state index contributed by atoms with van der Waals surface area (Å²) in [4.78, 5) is 15.6. The Morgan fingerprint density at radius 2 is 1.89 bits per heavy atom. The van der Waals surface area contributed by atoms with Crippen molar-refractivity contribution in [3.63, 3.8) is 0 Å². The predicted molar refractivity (Wildman–Crippen MR) is 110 cm³/mol. The Labute approximate surface area is 168 Å². The van der Waals surface area contributed by atoms with E-state index < -0.39 is 0 Å². The molecule has 1 amide bonds. The Kier molecular flexibility index (Phi) is 5.69. The number of benzene rings is 2. The minimum atomic E-state index is -0.248. The molecule has 4 rings (SSSR count). The van der Waals surface area contributed by atoms with Gasteiger partial charge in [0.15, 0.2) is 5.76 Å². The molecule has 28 heavy (non-hydrogen) atoms. The van der Waals surface area contributed by atoms with Crippen molar-refractivity contribution < 1.29 is 13.6 Å². The number of fused-ring (bicyclic) bond motifs is 1. The van der Waals surface area contributed by atoms with Crippen LogP contribution < -0.4 is 5.32 Å². The van der Waals surface area contributed by atoms with Crippen molar-refractivity contribution in [1.82, 2.24) is 10.2 Å². The zero-order valence-electron chi connectivity index (χ0n) is 15.8. The van der Waals surface area contributed by atoms with Gasteiger partial charge in [-0.1, -0.05) is 30.3 Å². The van der Waals surface area contributed by atoms with Gasteiger partial charge in [-0.15, -0.1) is 11.8 Å². The number of rotatable bonds is 5. The number of furan rings is 1. The van der Waals surface area contributed by atoms with Crippen LogP contribution in [0.15, 0.2) is 57.8 Å². The van der Waals surface area contributed by atoms with Gasteiger partial charge in [-0.2, -0.15) is 0 Å². The van der Waals surface area contributed by atoms with E-state index in [0.29, 0.717) is 41.1 Å². The zero-order chi connectivity index (χ0) is 19.5. The molecule has 3 aromatic rings. The largest absolute Gasteiger partial charge is 0.451 e. The van der Waals surface area contributed by atoms with E-state index in [2.05, 4.69) is 5.32 Å². The van der Waals surface area contributed by atoms with Crippen LogP contribution in [-0.4, -0.2) is 37.0 Å². The number of hydrogen-bond donors (Lipinski definition) is 1. The number of nitrogens with zero attached hydrogens (tertiary/aromatic N) is 1. The van der Waals surface area contributed by atoms with Crippen LogP contribution in [0, 0.1) is 5.82 Å². The van der Waals surface area contributed by atoms with E-state index >= 15 is 0 Å². The highest BCUT2D eigenvalue weighted by Gasteiger charge is 2.28. The van der Waals surface area contributed by atoms with Gasteiger partial charge in [0, 0.05) is 40.7 Å². The van der Waals surface area contributed by atoms with Gasteiger partial charge in [-0.25, -0.2) is 4.39 Å². The summed E-state index contributed by atoms with van der Waals surface area (Å²) in [5.74, 6) is 0.538. The SMILES string of the molecule is CNC1CCN(C(=O)c2oc3ccccc3c2CSc2ccccc2F)CC1. The summed E-state index contributed by atoms with van der Waals surface area (Å²) in [7, 11) is 1.96. The van der Waals surface area contributed by atoms with E-state index in [9.17, 15) is 9.18 Å². The van der Waals surface area contributed by atoms with E-state index in [1.165, 1.54) is 17.8 Å². The summed E-state index contributed by atoms with van der Waals surface area (Å²) in [5, 5.41) is 4.20. The lowest BCUT2D eigenvalue weighted by Gasteiger charge is -2.31. The number of amides is 1. The van der Waals surface area contributed by atoms with Crippen LogP contribution in [0.25, 0.3) is 11.0 Å². The van der Waals surface area contributed by atoms with Gasteiger partial charge in [0.1, 0.15) is 11.4 Å². The molecule has 0 radical (unpaired) electrons. The minimum Gasteiger partial charge on any atom is -0.451 e. The van der Waals surface area contributed by atoms with Crippen molar-refractivity contribution in [2.75, 3.05) is 20.1 Å². The van der Waals surface area contributed by atoms with E-state index in [0.717, 1.165) is 23.8 Å². The molecule has 0 aliphatic carbocycles. The number of piperidine rings is 1. The smallest absolute Gasteiger partial charge is 0.289 e. The molecular formula is C22H23FN2O2S. The summed E-state index contributed by atoms with van der Waals surface area (Å²) in [6, 6.07) is 14.8. The van der Waals surface area contributed by atoms with Crippen molar-refractivity contribution >= 4 is 28.6 Å². The Bertz CT molecular complexity index is 980. The fourth-order valence-corrected chi connectivity index (χ4v) is 4.61. The molecule has 1 saturated heterocycles. The first kappa shape index (κ1) is 19.0. The highest BCUT2D eigenvalue weighted by Crippen LogP contribution is 2.34. The molecule has 0 bridgehead atoms. The third-order valence-electron chi connectivity index (χ3n) is 5.29. The van der Waals surface area contributed by atoms with Gasteiger partial charge in [0.25, 0.3) is 5.91 Å². The molecule has 0 unspecified atom stereocenters. The first-order valence-electron chi connectivity index (χ1n) is 9.51. The maximum Gasteiger partial charge on any atom is 0.289 e. The first-order valence-corrected chi connectivity index (χ1v) is 10.5. The quantitative estimate of drug-likeness (QED) is 0.634. The Morgan fingerprint density at radius 3 is 2.64 bits per heavy atom. The number of hydrogen-bond acceptors (Lipinski definition) is 4. The number of carbonyl (C=O) groups excluding carboxylic acids is 1. The summed E-state index contributed by atoms with van der Waals surface area (Å²) in [6.45, 7) is 1.42. The van der Waals surface area contributed by atoms with Crippen molar-refractivity contribution in [2.24, 2.45) is 0 Å². The second-order valence-electron chi connectivity index (χ2n) is 6.98. The number of nitrogens with one attached hydrogen (secondary N) is 1. The van der Waals surface area contributed by atoms with Gasteiger partial charge in [0.05, 0.1) is 0 Å². The molecule has 6 heteroatoms. The third-order valence-corrected chi connectivity index (χ3v) is 6.37. The molecule has 4 nitrogen and oxygen atoms in total. The molecule has 0 saturated carbocycles. The Morgan fingerprint density at radius 1 is 1.18 bits per heavy atom. The highest BCUT2D eigenvalue weighted by atomic mass is 32.2. The maximum atomic E-state index is 14.0. The average molecular weight is 399 g/mol. The topological polar surface area (TPSA) is 45.5 Å². The van der Waals surface area contributed by atoms with Crippen LogP contribution in [0.1, 0.15) is 29.0 Å². The van der Waals surface area contributed by atoms with Gasteiger partial charge >= 0.3 is 0 Å². The van der Waals surface area contributed by atoms with E-state index in [4.69, 9.17) is 4.42 Å². The van der Waals surface area contributed by atoms with Gasteiger partial charge in [-0.3, -0.25) is 4.79 Å². The van der Waals surface area contributed by atoms with E-state index in [-0.39, 0.29) is 11.7 Å². The zero-order valence-corrected chi connectivity index (χ0v) is 16.6. The van der Waals surface area contributed by atoms with Crippen molar-refractivity contribution in [1.29, 1.82) is 0 Å². The summed E-state index contributed by atoms with van der Waals surface area (Å²) in [6.07, 6.45) is 1.86. The van der Waals surface area contributed by atoms with Crippen LogP contribution in [0.4, 0.5) is 4.39 Å². The summed E-state index contributed by atoms with van der Waals surface area (Å²) < 4.78 is 20.0. The van der Waals surface area contributed by atoms with E-state index in [1.54, 1.807) is 12.1 Å². The molecule has 1 aliphatic heterocycles. The molecule has 146 valence electrons. The molecular weight excluding hydrogens is 375 g/mol. The third kappa shape index (κ3) is 3.80. The fourth-order valence-electron chi connectivity index (χ4n) is 3.64. The lowest BCUT2D eigenvalue weighted by atomic mass is 10.0. The molecule has 2 heterocycles.